The van der Waals surface area contributed by atoms with Crippen LogP contribution in [0, 0.1) is 0 Å². The van der Waals surface area contributed by atoms with Crippen LogP contribution in [0.1, 0.15) is 0 Å². The molecule has 68 valence electrons. The van der Waals surface area contributed by atoms with E-state index in [0.29, 0.717) is 0 Å². The lowest BCUT2D eigenvalue weighted by atomic mass is 10.3. The number of rotatable bonds is 1. The standard InChI is InChI=1S/C9H6N4S/c1-2-11-7(5-10-1)8-6-13-3-4-14-9(13)12-8/h1-6H. The molecule has 0 atom stereocenters. The third kappa shape index (κ3) is 1.10. The van der Waals surface area contributed by atoms with Gasteiger partial charge in [-0.2, -0.15) is 0 Å². The average Bonchev–Trinajstić information content (AvgIpc) is 2.78. The quantitative estimate of drug-likeness (QED) is 0.604. The van der Waals surface area contributed by atoms with Crippen molar-refractivity contribution in [2.24, 2.45) is 0 Å². The highest BCUT2D eigenvalue weighted by Crippen LogP contribution is 2.18. The molecule has 3 aromatic rings. The zero-order chi connectivity index (χ0) is 9.38. The molecule has 0 aliphatic heterocycles. The van der Waals surface area contributed by atoms with Crippen molar-refractivity contribution in [1.82, 2.24) is 19.4 Å². The molecule has 0 fully saturated rings. The first-order valence-corrected chi connectivity index (χ1v) is 5.00. The van der Waals surface area contributed by atoms with Gasteiger partial charge in [-0.05, 0) is 0 Å². The van der Waals surface area contributed by atoms with E-state index in [0.717, 1.165) is 16.3 Å². The van der Waals surface area contributed by atoms with Gasteiger partial charge in [0.05, 0.1) is 6.20 Å². The molecule has 14 heavy (non-hydrogen) atoms. The van der Waals surface area contributed by atoms with Crippen LogP contribution in [0.3, 0.4) is 0 Å². The third-order valence-electron chi connectivity index (χ3n) is 1.92. The van der Waals surface area contributed by atoms with E-state index < -0.39 is 0 Å². The Morgan fingerprint density at radius 2 is 2.21 bits per heavy atom. The maximum Gasteiger partial charge on any atom is 0.194 e. The SMILES string of the molecule is c1cnc(-c2cn3ccsc3n2)cn1. The van der Waals surface area contributed by atoms with Crippen LogP contribution in [0.15, 0.2) is 36.4 Å². The summed E-state index contributed by atoms with van der Waals surface area (Å²) < 4.78 is 1.98. The van der Waals surface area contributed by atoms with E-state index in [2.05, 4.69) is 15.0 Å². The minimum absolute atomic E-state index is 0.809. The molecule has 0 unspecified atom stereocenters. The molecule has 0 spiro atoms. The predicted octanol–water partition coefficient (Wildman–Crippen LogP) is 1.85. The van der Waals surface area contributed by atoms with Gasteiger partial charge in [-0.25, -0.2) is 4.98 Å². The van der Waals surface area contributed by atoms with E-state index >= 15 is 0 Å². The molecule has 4 nitrogen and oxygen atoms in total. The summed E-state index contributed by atoms with van der Waals surface area (Å²) in [5.41, 5.74) is 1.67. The molecule has 0 saturated carbocycles. The maximum atomic E-state index is 4.42. The Labute approximate surface area is 83.9 Å². The van der Waals surface area contributed by atoms with Gasteiger partial charge in [0, 0.05) is 30.2 Å². The third-order valence-corrected chi connectivity index (χ3v) is 2.69. The molecule has 0 aliphatic rings. The summed E-state index contributed by atoms with van der Waals surface area (Å²) in [6.45, 7) is 0. The van der Waals surface area contributed by atoms with Crippen LogP contribution in [0.5, 0.6) is 0 Å². The minimum Gasteiger partial charge on any atom is -0.297 e. The van der Waals surface area contributed by atoms with Crippen molar-refractivity contribution in [2.45, 2.75) is 0 Å². The molecule has 0 N–H and O–H groups in total. The van der Waals surface area contributed by atoms with E-state index in [-0.39, 0.29) is 0 Å². The van der Waals surface area contributed by atoms with Crippen LogP contribution >= 0.6 is 11.3 Å². The van der Waals surface area contributed by atoms with Crippen LogP contribution in [-0.2, 0) is 0 Å². The highest BCUT2D eigenvalue weighted by Gasteiger charge is 2.05. The van der Waals surface area contributed by atoms with Crippen LogP contribution in [-0.4, -0.2) is 19.4 Å². The van der Waals surface area contributed by atoms with Gasteiger partial charge in [-0.1, -0.05) is 0 Å². The van der Waals surface area contributed by atoms with Crippen LogP contribution < -0.4 is 0 Å². The van der Waals surface area contributed by atoms with E-state index in [4.69, 9.17) is 0 Å². The van der Waals surface area contributed by atoms with Crippen LogP contribution in [0.2, 0.25) is 0 Å². The second-order valence-electron chi connectivity index (χ2n) is 2.81. The van der Waals surface area contributed by atoms with E-state index in [1.165, 1.54) is 0 Å². The van der Waals surface area contributed by atoms with E-state index in [1.54, 1.807) is 29.9 Å². The molecule has 0 radical (unpaired) electrons. The second kappa shape index (κ2) is 2.88. The Balaban J connectivity index is 2.19. The molecule has 0 saturated heterocycles. The lowest BCUT2D eigenvalue weighted by Gasteiger charge is -1.90. The minimum atomic E-state index is 0.809. The number of nitrogens with zero attached hydrogens (tertiary/aromatic N) is 4. The summed E-state index contributed by atoms with van der Waals surface area (Å²) >= 11 is 1.61. The van der Waals surface area contributed by atoms with Crippen LogP contribution in [0.4, 0.5) is 0 Å². The van der Waals surface area contributed by atoms with Crippen molar-refractivity contribution in [2.75, 3.05) is 0 Å². The molecule has 3 rings (SSSR count). The summed E-state index contributed by atoms with van der Waals surface area (Å²) in [4.78, 5) is 13.6. The van der Waals surface area contributed by atoms with Crippen molar-refractivity contribution in [1.29, 1.82) is 0 Å². The van der Waals surface area contributed by atoms with Gasteiger partial charge >= 0.3 is 0 Å². The Morgan fingerprint density at radius 1 is 1.21 bits per heavy atom. The van der Waals surface area contributed by atoms with Gasteiger partial charge in [-0.3, -0.25) is 14.4 Å². The fraction of sp³-hybridized carbons (Fsp3) is 0. The first kappa shape index (κ1) is 7.64. The highest BCUT2D eigenvalue weighted by atomic mass is 32.1. The Bertz CT molecular complexity index is 526. The summed E-state index contributed by atoms with van der Waals surface area (Å²) in [6.07, 6.45) is 8.97. The van der Waals surface area contributed by atoms with Crippen molar-refractivity contribution in [3.8, 4) is 11.4 Å². The Morgan fingerprint density at radius 3 is 3.00 bits per heavy atom. The number of aromatic nitrogens is 4. The normalized spacial score (nSPS) is 10.9. The topological polar surface area (TPSA) is 43.1 Å². The molecular weight excluding hydrogens is 196 g/mol. The Kier molecular flexibility index (Phi) is 1.57. The van der Waals surface area contributed by atoms with E-state index in [1.807, 2.05) is 22.2 Å². The number of thiazole rings is 1. The lowest BCUT2D eigenvalue weighted by molar-refractivity contribution is 1.19. The molecule has 3 heterocycles. The number of imidazole rings is 1. The van der Waals surface area contributed by atoms with Gasteiger partial charge in [-0.15, -0.1) is 11.3 Å². The van der Waals surface area contributed by atoms with Gasteiger partial charge < -0.3 is 0 Å². The van der Waals surface area contributed by atoms with Gasteiger partial charge in [0.25, 0.3) is 0 Å². The van der Waals surface area contributed by atoms with Crippen LogP contribution in [0.25, 0.3) is 16.3 Å². The maximum absolute atomic E-state index is 4.42. The van der Waals surface area contributed by atoms with Crippen molar-refractivity contribution >= 4 is 16.3 Å². The second-order valence-corrected chi connectivity index (χ2v) is 3.68. The molecule has 0 aliphatic carbocycles. The fourth-order valence-electron chi connectivity index (χ4n) is 1.28. The molecular formula is C9H6N4S. The molecule has 5 heteroatoms. The number of hydrogen-bond donors (Lipinski definition) is 0. The van der Waals surface area contributed by atoms with Crippen molar-refractivity contribution < 1.29 is 0 Å². The molecule has 0 amide bonds. The first-order chi connectivity index (χ1) is 6.93. The average molecular weight is 202 g/mol. The van der Waals surface area contributed by atoms with Gasteiger partial charge in [0.1, 0.15) is 11.4 Å². The predicted molar refractivity (Wildman–Crippen MR) is 54.1 cm³/mol. The van der Waals surface area contributed by atoms with Gasteiger partial charge in [0.15, 0.2) is 4.96 Å². The monoisotopic (exact) mass is 202 g/mol. The smallest absolute Gasteiger partial charge is 0.194 e. The molecule has 0 bridgehead atoms. The highest BCUT2D eigenvalue weighted by molar-refractivity contribution is 7.15. The summed E-state index contributed by atoms with van der Waals surface area (Å²) in [5, 5.41) is 2.00. The Hall–Kier alpha value is -1.75. The molecule has 0 aromatic carbocycles. The van der Waals surface area contributed by atoms with Gasteiger partial charge in [0.2, 0.25) is 0 Å². The summed E-state index contributed by atoms with van der Waals surface area (Å²) in [5.74, 6) is 0. The lowest BCUT2D eigenvalue weighted by Crippen LogP contribution is -1.83. The first-order valence-electron chi connectivity index (χ1n) is 4.12. The zero-order valence-corrected chi connectivity index (χ0v) is 7.98. The largest absolute Gasteiger partial charge is 0.297 e. The van der Waals surface area contributed by atoms with Crippen molar-refractivity contribution in [3.05, 3.63) is 36.4 Å². The number of hydrogen-bond acceptors (Lipinski definition) is 4. The van der Waals surface area contributed by atoms with E-state index in [9.17, 15) is 0 Å². The fourth-order valence-corrected chi connectivity index (χ4v) is 1.98. The van der Waals surface area contributed by atoms with Crippen molar-refractivity contribution in [3.63, 3.8) is 0 Å². The number of fused-ring (bicyclic) bond motifs is 1. The summed E-state index contributed by atoms with van der Waals surface area (Å²) in [6, 6.07) is 0. The summed E-state index contributed by atoms with van der Waals surface area (Å²) in [7, 11) is 0. The zero-order valence-electron chi connectivity index (χ0n) is 7.16. The molecule has 3 aromatic heterocycles.